The Hall–Kier alpha value is -2.76. The van der Waals surface area contributed by atoms with Crippen molar-refractivity contribution >= 4 is 17.5 Å². The molecule has 1 spiro atoms. The third-order valence-corrected chi connectivity index (χ3v) is 8.19. The van der Waals surface area contributed by atoms with E-state index in [1.165, 1.54) is 12.1 Å². The van der Waals surface area contributed by atoms with E-state index in [0.717, 1.165) is 25.3 Å². The van der Waals surface area contributed by atoms with E-state index >= 15 is 0 Å². The predicted octanol–water partition coefficient (Wildman–Crippen LogP) is 4.34. The van der Waals surface area contributed by atoms with E-state index in [2.05, 4.69) is 5.32 Å². The van der Waals surface area contributed by atoms with Crippen molar-refractivity contribution in [2.75, 3.05) is 31.1 Å². The minimum Gasteiger partial charge on any atom is -0.370 e. The predicted molar refractivity (Wildman–Crippen MR) is 125 cm³/mol. The van der Waals surface area contributed by atoms with Gasteiger partial charge in [0.05, 0.1) is 23.1 Å². The minimum absolute atomic E-state index is 0.0478. The number of alkyl halides is 3. The molecule has 1 aromatic carbocycles. The highest BCUT2D eigenvalue weighted by Crippen LogP contribution is 2.47. The number of nitrogens with one attached hydrogen (secondary N) is 1. The summed E-state index contributed by atoms with van der Waals surface area (Å²) in [5.74, 6) is -0.316. The Morgan fingerprint density at radius 2 is 1.86 bits per heavy atom. The lowest BCUT2D eigenvalue weighted by Gasteiger charge is -2.44. The third-order valence-electron chi connectivity index (χ3n) is 8.19. The standard InChI is InChI=1S/C26H33F3N4O2/c1-4-24(2,3)23(35)32-11-9-25(10-12-32)16-33(15-21(25)22(34)31-18-6-7-18)19-8-5-17(14-30)20(13-19)26(27,28)29/h5,8,13,18,21H,4,6-7,9-12,15-16H2,1-3H3,(H,31,34). The summed E-state index contributed by atoms with van der Waals surface area (Å²) in [5.41, 5.74) is -1.88. The van der Waals surface area contributed by atoms with Gasteiger partial charge in [-0.05, 0) is 50.3 Å². The molecule has 190 valence electrons. The molecule has 1 aliphatic carbocycles. The molecule has 2 saturated heterocycles. The van der Waals surface area contributed by atoms with Gasteiger partial charge < -0.3 is 15.1 Å². The van der Waals surface area contributed by atoms with E-state index in [9.17, 15) is 22.8 Å². The summed E-state index contributed by atoms with van der Waals surface area (Å²) >= 11 is 0. The van der Waals surface area contributed by atoms with Crippen LogP contribution in [0.4, 0.5) is 18.9 Å². The number of nitrogens with zero attached hydrogens (tertiary/aromatic N) is 3. The van der Waals surface area contributed by atoms with Crippen molar-refractivity contribution in [2.24, 2.45) is 16.7 Å². The molecule has 4 rings (SSSR count). The van der Waals surface area contributed by atoms with Crippen LogP contribution in [0, 0.1) is 28.1 Å². The quantitative estimate of drug-likeness (QED) is 0.666. The monoisotopic (exact) mass is 490 g/mol. The number of rotatable bonds is 5. The average Bonchev–Trinajstić information content (AvgIpc) is 3.57. The number of carbonyl (C=O) groups excluding carboxylic acids is 2. The van der Waals surface area contributed by atoms with Gasteiger partial charge in [-0.2, -0.15) is 18.4 Å². The summed E-state index contributed by atoms with van der Waals surface area (Å²) < 4.78 is 40.7. The second-order valence-corrected chi connectivity index (χ2v) is 10.9. The Morgan fingerprint density at radius 3 is 2.40 bits per heavy atom. The van der Waals surface area contributed by atoms with Crippen LogP contribution in [-0.4, -0.2) is 48.9 Å². The topological polar surface area (TPSA) is 76.4 Å². The number of hydrogen-bond donors (Lipinski definition) is 1. The number of anilines is 1. The molecule has 6 nitrogen and oxygen atoms in total. The van der Waals surface area contributed by atoms with Crippen molar-refractivity contribution in [1.29, 1.82) is 5.26 Å². The average molecular weight is 491 g/mol. The smallest absolute Gasteiger partial charge is 0.370 e. The van der Waals surface area contributed by atoms with E-state index in [4.69, 9.17) is 5.26 Å². The lowest BCUT2D eigenvalue weighted by molar-refractivity contribution is -0.143. The molecule has 1 N–H and O–H groups in total. The zero-order valence-electron chi connectivity index (χ0n) is 20.5. The molecule has 3 fully saturated rings. The number of amides is 2. The van der Waals surface area contributed by atoms with Crippen molar-refractivity contribution in [1.82, 2.24) is 10.2 Å². The first-order valence-electron chi connectivity index (χ1n) is 12.4. The van der Waals surface area contributed by atoms with Gasteiger partial charge in [-0.25, -0.2) is 0 Å². The van der Waals surface area contributed by atoms with Gasteiger partial charge in [0.1, 0.15) is 0 Å². The molecule has 3 aliphatic rings. The molecule has 35 heavy (non-hydrogen) atoms. The summed E-state index contributed by atoms with van der Waals surface area (Å²) in [4.78, 5) is 30.0. The first-order valence-corrected chi connectivity index (χ1v) is 12.4. The lowest BCUT2D eigenvalue weighted by Crippen LogP contribution is -2.52. The molecule has 2 aliphatic heterocycles. The molecule has 0 radical (unpaired) electrons. The molecule has 1 saturated carbocycles. The van der Waals surface area contributed by atoms with Crippen LogP contribution in [0.2, 0.25) is 0 Å². The third kappa shape index (κ3) is 4.98. The van der Waals surface area contributed by atoms with E-state index in [1.54, 1.807) is 6.07 Å². The van der Waals surface area contributed by atoms with Crippen LogP contribution in [-0.2, 0) is 15.8 Å². The van der Waals surface area contributed by atoms with Gasteiger partial charge in [0, 0.05) is 48.7 Å². The minimum atomic E-state index is -4.64. The molecule has 2 amide bonds. The van der Waals surface area contributed by atoms with E-state index in [1.807, 2.05) is 30.6 Å². The zero-order valence-corrected chi connectivity index (χ0v) is 20.5. The van der Waals surface area contributed by atoms with Crippen LogP contribution in [0.15, 0.2) is 18.2 Å². The Morgan fingerprint density at radius 1 is 1.20 bits per heavy atom. The molecule has 1 atom stereocenters. The Balaban J connectivity index is 1.59. The highest BCUT2D eigenvalue weighted by atomic mass is 19.4. The van der Waals surface area contributed by atoms with Gasteiger partial charge in [0.25, 0.3) is 0 Å². The van der Waals surface area contributed by atoms with Crippen molar-refractivity contribution in [3.05, 3.63) is 29.3 Å². The highest BCUT2D eigenvalue weighted by Gasteiger charge is 2.53. The van der Waals surface area contributed by atoms with Crippen LogP contribution >= 0.6 is 0 Å². The molecule has 9 heteroatoms. The first kappa shape index (κ1) is 25.3. The van der Waals surface area contributed by atoms with Gasteiger partial charge in [-0.3, -0.25) is 9.59 Å². The first-order chi connectivity index (χ1) is 16.4. The molecule has 2 heterocycles. The molecular weight excluding hydrogens is 457 g/mol. The van der Waals surface area contributed by atoms with Crippen molar-refractivity contribution in [3.8, 4) is 6.07 Å². The number of likely N-dealkylation sites (tertiary alicyclic amines) is 1. The second-order valence-electron chi connectivity index (χ2n) is 10.9. The number of nitriles is 1. The Labute approximate surface area is 204 Å². The largest absolute Gasteiger partial charge is 0.417 e. The van der Waals surface area contributed by atoms with E-state index < -0.39 is 28.1 Å². The summed E-state index contributed by atoms with van der Waals surface area (Å²) in [7, 11) is 0. The number of piperidine rings is 1. The summed E-state index contributed by atoms with van der Waals surface area (Å²) in [6.45, 7) is 7.69. The Bertz CT molecular complexity index is 1030. The lowest BCUT2D eigenvalue weighted by atomic mass is 9.70. The van der Waals surface area contributed by atoms with Crippen LogP contribution in [0.25, 0.3) is 0 Å². The maximum atomic E-state index is 13.6. The van der Waals surface area contributed by atoms with Gasteiger partial charge in [-0.1, -0.05) is 20.8 Å². The fraction of sp³-hybridized carbons (Fsp3) is 0.654. The number of benzene rings is 1. The Kier molecular flexibility index (Phi) is 6.54. The van der Waals surface area contributed by atoms with E-state index in [-0.39, 0.29) is 23.8 Å². The van der Waals surface area contributed by atoms with Crippen LogP contribution in [0.3, 0.4) is 0 Å². The molecular formula is C26H33F3N4O2. The zero-order chi connectivity index (χ0) is 25.6. The molecule has 0 aromatic heterocycles. The van der Waals surface area contributed by atoms with Crippen molar-refractivity contribution < 1.29 is 22.8 Å². The molecule has 1 unspecified atom stereocenters. The van der Waals surface area contributed by atoms with Crippen molar-refractivity contribution in [3.63, 3.8) is 0 Å². The number of carbonyl (C=O) groups is 2. The fourth-order valence-corrected chi connectivity index (χ4v) is 5.36. The number of hydrogen-bond acceptors (Lipinski definition) is 4. The second kappa shape index (κ2) is 9.03. The maximum Gasteiger partial charge on any atom is 0.417 e. The maximum absolute atomic E-state index is 13.6. The van der Waals surface area contributed by atoms with Gasteiger partial charge in [0.15, 0.2) is 0 Å². The van der Waals surface area contributed by atoms with Gasteiger partial charge >= 0.3 is 6.18 Å². The fourth-order valence-electron chi connectivity index (χ4n) is 5.36. The summed E-state index contributed by atoms with van der Waals surface area (Å²) in [6.07, 6.45) is -0.754. The molecule has 0 bridgehead atoms. The van der Waals surface area contributed by atoms with Crippen LogP contribution in [0.5, 0.6) is 0 Å². The summed E-state index contributed by atoms with van der Waals surface area (Å²) in [6, 6.07) is 5.57. The normalized spacial score (nSPS) is 22.3. The van der Waals surface area contributed by atoms with Crippen molar-refractivity contribution in [2.45, 2.75) is 65.1 Å². The van der Waals surface area contributed by atoms with Gasteiger partial charge in [0.2, 0.25) is 11.8 Å². The van der Waals surface area contributed by atoms with Crippen LogP contribution < -0.4 is 10.2 Å². The van der Waals surface area contributed by atoms with E-state index in [0.29, 0.717) is 44.7 Å². The number of halogens is 3. The SMILES string of the molecule is CCC(C)(C)C(=O)N1CCC2(CC1)CN(c1ccc(C#N)c(C(F)(F)F)c1)CC2C(=O)NC1CC1. The van der Waals surface area contributed by atoms with Gasteiger partial charge in [-0.15, -0.1) is 0 Å². The summed E-state index contributed by atoms with van der Waals surface area (Å²) in [5, 5.41) is 12.2. The molecule has 1 aromatic rings. The highest BCUT2D eigenvalue weighted by molar-refractivity contribution is 5.83. The van der Waals surface area contributed by atoms with Crippen LogP contribution in [0.1, 0.15) is 64.0 Å².